The second-order valence-electron chi connectivity index (χ2n) is 5.97. The van der Waals surface area contributed by atoms with Crippen molar-refractivity contribution in [3.63, 3.8) is 0 Å². The average Bonchev–Trinajstić information content (AvgIpc) is 2.65. The molecule has 1 atom stereocenters. The SMILES string of the molecule is CSC1CCCN(CCCC2CCNCC2)CC1. The second-order valence-corrected chi connectivity index (χ2v) is 7.10. The van der Waals surface area contributed by atoms with Gasteiger partial charge in [-0.3, -0.25) is 0 Å². The van der Waals surface area contributed by atoms with Gasteiger partial charge in [0, 0.05) is 5.25 Å². The fourth-order valence-electron chi connectivity index (χ4n) is 3.36. The van der Waals surface area contributed by atoms with Crippen LogP contribution in [0.4, 0.5) is 0 Å². The first-order valence-corrected chi connectivity index (χ1v) is 9.13. The van der Waals surface area contributed by atoms with Gasteiger partial charge in [-0.05, 0) is 89.8 Å². The first kappa shape index (κ1) is 14.7. The lowest BCUT2D eigenvalue weighted by molar-refractivity contribution is 0.260. The lowest BCUT2D eigenvalue weighted by Crippen LogP contribution is -2.29. The average molecular weight is 270 g/mol. The highest BCUT2D eigenvalue weighted by molar-refractivity contribution is 7.99. The fourth-order valence-corrected chi connectivity index (χ4v) is 4.10. The zero-order chi connectivity index (χ0) is 12.6. The first-order valence-electron chi connectivity index (χ1n) is 7.84. The fraction of sp³-hybridized carbons (Fsp3) is 1.00. The van der Waals surface area contributed by atoms with Gasteiger partial charge in [0.2, 0.25) is 0 Å². The van der Waals surface area contributed by atoms with Gasteiger partial charge < -0.3 is 10.2 Å². The van der Waals surface area contributed by atoms with Gasteiger partial charge in [-0.25, -0.2) is 0 Å². The van der Waals surface area contributed by atoms with E-state index < -0.39 is 0 Å². The van der Waals surface area contributed by atoms with E-state index in [2.05, 4.69) is 28.2 Å². The predicted octanol–water partition coefficient (Wildman–Crippen LogP) is 2.98. The van der Waals surface area contributed by atoms with E-state index in [0.29, 0.717) is 0 Å². The number of piperidine rings is 1. The summed E-state index contributed by atoms with van der Waals surface area (Å²) in [5, 5.41) is 4.39. The summed E-state index contributed by atoms with van der Waals surface area (Å²) in [6.07, 6.45) is 12.2. The Balaban J connectivity index is 1.58. The largest absolute Gasteiger partial charge is 0.317 e. The number of nitrogens with one attached hydrogen (secondary N) is 1. The third kappa shape index (κ3) is 5.10. The molecule has 2 nitrogen and oxygen atoms in total. The molecule has 0 radical (unpaired) electrons. The third-order valence-corrected chi connectivity index (χ3v) is 5.78. The van der Waals surface area contributed by atoms with E-state index in [1.165, 1.54) is 77.7 Å². The molecular formula is C15H30N2S. The van der Waals surface area contributed by atoms with Gasteiger partial charge in [-0.1, -0.05) is 0 Å². The number of thioether (sulfide) groups is 1. The van der Waals surface area contributed by atoms with Crippen molar-refractivity contribution in [2.45, 2.75) is 50.2 Å². The van der Waals surface area contributed by atoms with Crippen molar-refractivity contribution in [3.8, 4) is 0 Å². The van der Waals surface area contributed by atoms with Crippen LogP contribution in [0.5, 0.6) is 0 Å². The van der Waals surface area contributed by atoms with E-state index in [0.717, 1.165) is 11.2 Å². The maximum atomic E-state index is 3.46. The van der Waals surface area contributed by atoms with Crippen LogP contribution >= 0.6 is 11.8 Å². The Morgan fingerprint density at radius 3 is 2.72 bits per heavy atom. The van der Waals surface area contributed by atoms with E-state index in [4.69, 9.17) is 0 Å². The Hall–Kier alpha value is 0.270. The highest BCUT2D eigenvalue weighted by Gasteiger charge is 2.17. The van der Waals surface area contributed by atoms with Gasteiger partial charge in [0.05, 0.1) is 0 Å². The molecule has 0 aromatic carbocycles. The van der Waals surface area contributed by atoms with Crippen molar-refractivity contribution in [1.29, 1.82) is 0 Å². The summed E-state index contributed by atoms with van der Waals surface area (Å²) < 4.78 is 0. The molecule has 0 aliphatic carbocycles. The van der Waals surface area contributed by atoms with E-state index in [1.54, 1.807) is 0 Å². The maximum absolute atomic E-state index is 3.46. The molecule has 2 aliphatic heterocycles. The molecule has 0 aromatic rings. The smallest absolute Gasteiger partial charge is 0.00569 e. The van der Waals surface area contributed by atoms with Crippen molar-refractivity contribution in [2.24, 2.45) is 5.92 Å². The minimum atomic E-state index is 0.930. The van der Waals surface area contributed by atoms with Gasteiger partial charge in [-0.2, -0.15) is 11.8 Å². The molecule has 1 unspecified atom stereocenters. The molecule has 18 heavy (non-hydrogen) atoms. The van der Waals surface area contributed by atoms with E-state index in [1.807, 2.05) is 0 Å². The summed E-state index contributed by atoms with van der Waals surface area (Å²) >= 11 is 2.07. The maximum Gasteiger partial charge on any atom is 0.00569 e. The van der Waals surface area contributed by atoms with Crippen molar-refractivity contribution in [3.05, 3.63) is 0 Å². The van der Waals surface area contributed by atoms with Crippen molar-refractivity contribution in [2.75, 3.05) is 39.0 Å². The van der Waals surface area contributed by atoms with Crippen LogP contribution in [0.2, 0.25) is 0 Å². The van der Waals surface area contributed by atoms with E-state index in [-0.39, 0.29) is 0 Å². The molecule has 0 spiro atoms. The standard InChI is InChI=1S/C15H30N2S/c1-18-15-5-3-12-17(13-8-15)11-2-4-14-6-9-16-10-7-14/h14-16H,2-13H2,1H3. The van der Waals surface area contributed by atoms with Crippen LogP contribution < -0.4 is 5.32 Å². The summed E-state index contributed by atoms with van der Waals surface area (Å²) in [6.45, 7) is 6.56. The summed E-state index contributed by atoms with van der Waals surface area (Å²) in [5.41, 5.74) is 0. The second kappa shape index (κ2) is 8.44. The summed E-state index contributed by atoms with van der Waals surface area (Å²) in [4.78, 5) is 2.72. The summed E-state index contributed by atoms with van der Waals surface area (Å²) in [6, 6.07) is 0. The topological polar surface area (TPSA) is 15.3 Å². The minimum Gasteiger partial charge on any atom is -0.317 e. The highest BCUT2D eigenvalue weighted by Crippen LogP contribution is 2.22. The van der Waals surface area contributed by atoms with Crippen LogP contribution in [0, 0.1) is 5.92 Å². The van der Waals surface area contributed by atoms with Gasteiger partial charge in [-0.15, -0.1) is 0 Å². The Bertz CT molecular complexity index is 217. The van der Waals surface area contributed by atoms with E-state index >= 15 is 0 Å². The van der Waals surface area contributed by atoms with Gasteiger partial charge >= 0.3 is 0 Å². The van der Waals surface area contributed by atoms with Crippen LogP contribution in [0.25, 0.3) is 0 Å². The highest BCUT2D eigenvalue weighted by atomic mass is 32.2. The number of hydrogen-bond donors (Lipinski definition) is 1. The molecule has 0 bridgehead atoms. The van der Waals surface area contributed by atoms with Gasteiger partial charge in [0.1, 0.15) is 0 Å². The zero-order valence-electron chi connectivity index (χ0n) is 12.0. The number of hydrogen-bond acceptors (Lipinski definition) is 3. The van der Waals surface area contributed by atoms with Crippen molar-refractivity contribution < 1.29 is 0 Å². The Morgan fingerprint density at radius 2 is 1.94 bits per heavy atom. The predicted molar refractivity (Wildman–Crippen MR) is 82.4 cm³/mol. The van der Waals surface area contributed by atoms with Crippen LogP contribution in [-0.2, 0) is 0 Å². The van der Waals surface area contributed by atoms with Crippen molar-refractivity contribution >= 4 is 11.8 Å². The summed E-state index contributed by atoms with van der Waals surface area (Å²) in [5.74, 6) is 1.01. The monoisotopic (exact) mass is 270 g/mol. The van der Waals surface area contributed by atoms with Crippen LogP contribution in [0.3, 0.4) is 0 Å². The molecule has 2 aliphatic rings. The normalized spacial score (nSPS) is 28.2. The van der Waals surface area contributed by atoms with E-state index in [9.17, 15) is 0 Å². The molecule has 0 aromatic heterocycles. The molecule has 2 rings (SSSR count). The molecule has 0 amide bonds. The van der Waals surface area contributed by atoms with Crippen LogP contribution in [0.1, 0.15) is 44.9 Å². The molecule has 0 saturated carbocycles. The zero-order valence-corrected chi connectivity index (χ0v) is 12.8. The number of likely N-dealkylation sites (tertiary alicyclic amines) is 1. The Kier molecular flexibility index (Phi) is 6.88. The number of nitrogens with zero attached hydrogens (tertiary/aromatic N) is 1. The Labute approximate surface area is 117 Å². The third-order valence-electron chi connectivity index (χ3n) is 4.65. The van der Waals surface area contributed by atoms with Crippen molar-refractivity contribution in [1.82, 2.24) is 10.2 Å². The molecule has 2 fully saturated rings. The number of rotatable bonds is 5. The minimum absolute atomic E-state index is 0.930. The summed E-state index contributed by atoms with van der Waals surface area (Å²) in [7, 11) is 0. The van der Waals surface area contributed by atoms with Crippen LogP contribution in [0.15, 0.2) is 0 Å². The van der Waals surface area contributed by atoms with Gasteiger partial charge in [0.25, 0.3) is 0 Å². The lowest BCUT2D eigenvalue weighted by atomic mass is 9.93. The van der Waals surface area contributed by atoms with Crippen LogP contribution in [-0.4, -0.2) is 49.1 Å². The molecule has 106 valence electrons. The molecule has 3 heteroatoms. The van der Waals surface area contributed by atoms with Gasteiger partial charge in [0.15, 0.2) is 0 Å². The quantitative estimate of drug-likeness (QED) is 0.827. The molecule has 1 N–H and O–H groups in total. The molecule has 2 saturated heterocycles. The Morgan fingerprint density at radius 1 is 1.11 bits per heavy atom. The molecule has 2 heterocycles. The lowest BCUT2D eigenvalue weighted by Gasteiger charge is -2.24. The molecular weight excluding hydrogens is 240 g/mol. The first-order chi connectivity index (χ1) is 8.88.